The standard InChI is InChI=1S/C9H17ClF2N2/c1-6-2-4-7(5-3-6)8(14-13)9(10,11)12/h6-8,14H,2-5,13H2,1H3. The van der Waals surface area contributed by atoms with E-state index in [-0.39, 0.29) is 5.92 Å². The Bertz CT molecular complexity index is 176. The van der Waals surface area contributed by atoms with Crippen LogP contribution < -0.4 is 11.3 Å². The molecule has 0 saturated heterocycles. The van der Waals surface area contributed by atoms with Gasteiger partial charge in [0.2, 0.25) is 0 Å². The van der Waals surface area contributed by atoms with Crippen LogP contribution in [0.4, 0.5) is 8.78 Å². The topological polar surface area (TPSA) is 38.0 Å². The molecule has 2 nitrogen and oxygen atoms in total. The van der Waals surface area contributed by atoms with E-state index in [1.54, 1.807) is 0 Å². The SMILES string of the molecule is CC1CCC(C(NN)C(F)(F)Cl)CC1. The van der Waals surface area contributed by atoms with Gasteiger partial charge in [-0.05, 0) is 36.3 Å². The smallest absolute Gasteiger partial charge is 0.271 e. The Labute approximate surface area is 88.1 Å². The lowest BCUT2D eigenvalue weighted by atomic mass is 9.79. The molecule has 0 aromatic rings. The molecular weight excluding hydrogens is 210 g/mol. The van der Waals surface area contributed by atoms with Crippen LogP contribution >= 0.6 is 11.6 Å². The molecule has 0 amide bonds. The fourth-order valence-corrected chi connectivity index (χ4v) is 2.36. The van der Waals surface area contributed by atoms with Crippen LogP contribution in [0.5, 0.6) is 0 Å². The number of hydrogen-bond donors (Lipinski definition) is 2. The van der Waals surface area contributed by atoms with Gasteiger partial charge in [-0.25, -0.2) is 5.43 Å². The number of halogens is 3. The highest BCUT2D eigenvalue weighted by Crippen LogP contribution is 2.37. The Hall–Kier alpha value is 0.0700. The first kappa shape index (κ1) is 12.1. The number of nitrogens with two attached hydrogens (primary N) is 1. The predicted molar refractivity (Wildman–Crippen MR) is 53.0 cm³/mol. The first-order valence-electron chi connectivity index (χ1n) is 4.98. The zero-order valence-electron chi connectivity index (χ0n) is 8.27. The summed E-state index contributed by atoms with van der Waals surface area (Å²) >= 11 is 4.99. The van der Waals surface area contributed by atoms with E-state index in [0.29, 0.717) is 5.92 Å². The summed E-state index contributed by atoms with van der Waals surface area (Å²) in [5, 5.41) is -3.25. The maximum Gasteiger partial charge on any atom is 0.338 e. The van der Waals surface area contributed by atoms with E-state index in [1.807, 2.05) is 0 Å². The molecule has 1 rings (SSSR count). The van der Waals surface area contributed by atoms with Crippen molar-refractivity contribution in [2.45, 2.75) is 44.0 Å². The van der Waals surface area contributed by atoms with Crippen LogP contribution in [0, 0.1) is 11.8 Å². The summed E-state index contributed by atoms with van der Waals surface area (Å²) in [5.74, 6) is 5.64. The lowest BCUT2D eigenvalue weighted by Crippen LogP contribution is -2.51. The zero-order valence-corrected chi connectivity index (χ0v) is 9.03. The monoisotopic (exact) mass is 226 g/mol. The van der Waals surface area contributed by atoms with E-state index in [9.17, 15) is 8.78 Å². The van der Waals surface area contributed by atoms with E-state index in [0.717, 1.165) is 25.7 Å². The predicted octanol–water partition coefficient (Wildman–Crippen LogP) is 2.48. The average Bonchev–Trinajstić information content (AvgIpc) is 2.07. The van der Waals surface area contributed by atoms with Crippen LogP contribution in [0.2, 0.25) is 0 Å². The third-order valence-corrected chi connectivity index (χ3v) is 3.30. The van der Waals surface area contributed by atoms with Gasteiger partial charge in [0, 0.05) is 0 Å². The van der Waals surface area contributed by atoms with E-state index >= 15 is 0 Å². The van der Waals surface area contributed by atoms with Crippen molar-refractivity contribution in [2.75, 3.05) is 0 Å². The van der Waals surface area contributed by atoms with Crippen molar-refractivity contribution >= 4 is 11.6 Å². The van der Waals surface area contributed by atoms with Crippen LogP contribution in [-0.4, -0.2) is 11.4 Å². The maximum absolute atomic E-state index is 12.9. The van der Waals surface area contributed by atoms with Crippen molar-refractivity contribution in [1.82, 2.24) is 5.43 Å². The summed E-state index contributed by atoms with van der Waals surface area (Å²) in [7, 11) is 0. The molecule has 0 aromatic carbocycles. The average molecular weight is 227 g/mol. The number of hydrazine groups is 1. The molecule has 0 spiro atoms. The van der Waals surface area contributed by atoms with Crippen molar-refractivity contribution < 1.29 is 8.78 Å². The van der Waals surface area contributed by atoms with Crippen LogP contribution in [0.15, 0.2) is 0 Å². The molecule has 1 aliphatic rings. The minimum atomic E-state index is -3.25. The third-order valence-electron chi connectivity index (χ3n) is 3.06. The van der Waals surface area contributed by atoms with Gasteiger partial charge in [-0.2, -0.15) is 8.78 Å². The number of alkyl halides is 3. The molecule has 0 heterocycles. The Kier molecular flexibility index (Phi) is 4.10. The summed E-state index contributed by atoms with van der Waals surface area (Å²) in [6.45, 7) is 2.14. The highest BCUT2D eigenvalue weighted by molar-refractivity contribution is 6.22. The molecule has 1 unspecified atom stereocenters. The van der Waals surface area contributed by atoms with Gasteiger partial charge in [-0.3, -0.25) is 5.84 Å². The van der Waals surface area contributed by atoms with Gasteiger partial charge in [-0.1, -0.05) is 19.8 Å². The van der Waals surface area contributed by atoms with Gasteiger partial charge in [0.1, 0.15) is 6.04 Å². The Morgan fingerprint density at radius 2 is 1.86 bits per heavy atom. The molecule has 84 valence electrons. The quantitative estimate of drug-likeness (QED) is 0.441. The second kappa shape index (κ2) is 4.73. The molecule has 14 heavy (non-hydrogen) atoms. The zero-order chi connectivity index (χ0) is 10.8. The summed E-state index contributed by atoms with van der Waals surface area (Å²) in [4.78, 5) is 0. The van der Waals surface area contributed by atoms with Gasteiger partial charge >= 0.3 is 5.38 Å². The lowest BCUT2D eigenvalue weighted by Gasteiger charge is -2.34. The fourth-order valence-electron chi connectivity index (χ4n) is 2.12. The highest BCUT2D eigenvalue weighted by atomic mass is 35.5. The van der Waals surface area contributed by atoms with Gasteiger partial charge < -0.3 is 0 Å². The molecule has 0 bridgehead atoms. The van der Waals surface area contributed by atoms with Crippen LogP contribution in [0.3, 0.4) is 0 Å². The Balaban J connectivity index is 2.54. The lowest BCUT2D eigenvalue weighted by molar-refractivity contribution is 0.0132. The van der Waals surface area contributed by atoms with Crippen LogP contribution in [0.1, 0.15) is 32.6 Å². The molecule has 1 saturated carbocycles. The van der Waals surface area contributed by atoms with Crippen molar-refractivity contribution in [3.8, 4) is 0 Å². The fraction of sp³-hybridized carbons (Fsp3) is 1.00. The normalized spacial score (nSPS) is 31.5. The van der Waals surface area contributed by atoms with E-state index in [2.05, 4.69) is 12.3 Å². The van der Waals surface area contributed by atoms with Crippen LogP contribution in [0.25, 0.3) is 0 Å². The summed E-state index contributed by atoms with van der Waals surface area (Å²) in [6.07, 6.45) is 3.52. The molecule has 0 radical (unpaired) electrons. The van der Waals surface area contributed by atoms with Crippen molar-refractivity contribution in [3.05, 3.63) is 0 Å². The van der Waals surface area contributed by atoms with Gasteiger partial charge in [0.15, 0.2) is 0 Å². The van der Waals surface area contributed by atoms with E-state index in [1.165, 1.54) is 0 Å². The molecule has 1 aliphatic carbocycles. The Morgan fingerprint density at radius 1 is 1.36 bits per heavy atom. The summed E-state index contributed by atoms with van der Waals surface area (Å²) in [5.41, 5.74) is 2.14. The number of hydrogen-bond acceptors (Lipinski definition) is 2. The van der Waals surface area contributed by atoms with Crippen molar-refractivity contribution in [1.29, 1.82) is 0 Å². The number of rotatable bonds is 3. The number of nitrogens with one attached hydrogen (secondary N) is 1. The first-order chi connectivity index (χ1) is 6.45. The second-order valence-corrected chi connectivity index (χ2v) is 4.71. The van der Waals surface area contributed by atoms with Crippen LogP contribution in [-0.2, 0) is 0 Å². The van der Waals surface area contributed by atoms with E-state index < -0.39 is 11.4 Å². The summed E-state index contributed by atoms with van der Waals surface area (Å²) in [6, 6.07) is -1.10. The molecule has 0 aliphatic heterocycles. The molecule has 0 aromatic heterocycles. The third kappa shape index (κ3) is 3.04. The van der Waals surface area contributed by atoms with Gasteiger partial charge in [0.05, 0.1) is 0 Å². The maximum atomic E-state index is 12.9. The summed E-state index contributed by atoms with van der Waals surface area (Å²) < 4.78 is 25.8. The minimum absolute atomic E-state index is 0.108. The minimum Gasteiger partial charge on any atom is -0.271 e. The van der Waals surface area contributed by atoms with Gasteiger partial charge in [-0.15, -0.1) is 0 Å². The van der Waals surface area contributed by atoms with Gasteiger partial charge in [0.25, 0.3) is 0 Å². The van der Waals surface area contributed by atoms with E-state index in [4.69, 9.17) is 17.4 Å². The molecule has 1 fully saturated rings. The first-order valence-corrected chi connectivity index (χ1v) is 5.35. The highest BCUT2D eigenvalue weighted by Gasteiger charge is 2.42. The second-order valence-electron chi connectivity index (χ2n) is 4.21. The molecule has 1 atom stereocenters. The van der Waals surface area contributed by atoms with Crippen molar-refractivity contribution in [3.63, 3.8) is 0 Å². The molecular formula is C9H17ClF2N2. The Morgan fingerprint density at radius 3 is 2.21 bits per heavy atom. The largest absolute Gasteiger partial charge is 0.338 e. The van der Waals surface area contributed by atoms with Crippen molar-refractivity contribution in [2.24, 2.45) is 17.7 Å². The molecule has 5 heteroatoms. The molecule has 3 N–H and O–H groups in total.